The van der Waals surface area contributed by atoms with Crippen LogP contribution < -0.4 is 0 Å². The monoisotopic (exact) mass is 268 g/mol. The van der Waals surface area contributed by atoms with Crippen molar-refractivity contribution in [1.29, 1.82) is 0 Å². The molecule has 0 radical (unpaired) electrons. The van der Waals surface area contributed by atoms with Crippen LogP contribution in [0.4, 0.5) is 0 Å². The predicted molar refractivity (Wildman–Crippen MR) is 74.8 cm³/mol. The van der Waals surface area contributed by atoms with E-state index in [4.69, 9.17) is 0 Å². The standard InChI is InChI=1S/C14H16N6/c1-11(2)9-12-3-4-13(19-15-5-6-16-19)10-14(12)20-17-7-8-18-20/h3-8,10-11H,9H2,1-2H3. The largest absolute Gasteiger partial charge is 0.157 e. The fourth-order valence-electron chi connectivity index (χ4n) is 2.16. The van der Waals surface area contributed by atoms with Gasteiger partial charge in [-0.1, -0.05) is 19.9 Å². The van der Waals surface area contributed by atoms with Gasteiger partial charge < -0.3 is 0 Å². The van der Waals surface area contributed by atoms with Gasteiger partial charge in [0.05, 0.1) is 36.2 Å². The highest BCUT2D eigenvalue weighted by molar-refractivity contribution is 5.48. The molecule has 0 bridgehead atoms. The van der Waals surface area contributed by atoms with E-state index in [1.165, 1.54) is 5.56 Å². The highest BCUT2D eigenvalue weighted by Gasteiger charge is 2.10. The van der Waals surface area contributed by atoms with E-state index in [0.717, 1.165) is 17.8 Å². The Labute approximate surface area is 117 Å². The SMILES string of the molecule is CC(C)Cc1ccc(-n2nccn2)cc1-n1nccn1. The maximum Gasteiger partial charge on any atom is 0.0910 e. The molecule has 102 valence electrons. The molecule has 6 heteroatoms. The Hall–Kier alpha value is -2.50. The summed E-state index contributed by atoms with van der Waals surface area (Å²) in [6, 6.07) is 6.12. The molecule has 0 atom stereocenters. The summed E-state index contributed by atoms with van der Waals surface area (Å²) in [5.41, 5.74) is 3.08. The second-order valence-electron chi connectivity index (χ2n) is 5.05. The molecule has 2 heterocycles. The first-order valence-electron chi connectivity index (χ1n) is 6.60. The van der Waals surface area contributed by atoms with Crippen LogP contribution in [0.5, 0.6) is 0 Å². The molecule has 0 spiro atoms. The van der Waals surface area contributed by atoms with Crippen molar-refractivity contribution < 1.29 is 0 Å². The van der Waals surface area contributed by atoms with Gasteiger partial charge >= 0.3 is 0 Å². The van der Waals surface area contributed by atoms with Crippen molar-refractivity contribution in [1.82, 2.24) is 30.0 Å². The summed E-state index contributed by atoms with van der Waals surface area (Å²) >= 11 is 0. The first kappa shape index (κ1) is 12.5. The number of benzene rings is 1. The van der Waals surface area contributed by atoms with E-state index in [1.54, 1.807) is 34.4 Å². The lowest BCUT2D eigenvalue weighted by Crippen LogP contribution is -2.08. The zero-order valence-electron chi connectivity index (χ0n) is 11.5. The summed E-state index contributed by atoms with van der Waals surface area (Å²) in [6.07, 6.45) is 7.65. The molecule has 0 amide bonds. The van der Waals surface area contributed by atoms with Crippen LogP contribution in [-0.2, 0) is 6.42 Å². The van der Waals surface area contributed by atoms with Crippen LogP contribution in [0.25, 0.3) is 11.4 Å². The molecular formula is C14H16N6. The van der Waals surface area contributed by atoms with E-state index in [-0.39, 0.29) is 0 Å². The smallest absolute Gasteiger partial charge is 0.0910 e. The van der Waals surface area contributed by atoms with Gasteiger partial charge in [-0.25, -0.2) is 0 Å². The van der Waals surface area contributed by atoms with Crippen LogP contribution in [0.3, 0.4) is 0 Å². The van der Waals surface area contributed by atoms with Crippen molar-refractivity contribution in [3.8, 4) is 11.4 Å². The van der Waals surface area contributed by atoms with Gasteiger partial charge in [0.15, 0.2) is 0 Å². The molecule has 0 aliphatic heterocycles. The van der Waals surface area contributed by atoms with Crippen molar-refractivity contribution in [3.63, 3.8) is 0 Å². The molecular weight excluding hydrogens is 252 g/mol. The van der Waals surface area contributed by atoms with E-state index in [9.17, 15) is 0 Å². The minimum Gasteiger partial charge on any atom is -0.157 e. The molecule has 0 fully saturated rings. The second kappa shape index (κ2) is 5.24. The van der Waals surface area contributed by atoms with Crippen LogP contribution in [0.15, 0.2) is 43.0 Å². The van der Waals surface area contributed by atoms with Gasteiger partial charge in [-0.2, -0.15) is 30.0 Å². The van der Waals surface area contributed by atoms with Crippen LogP contribution in [0, 0.1) is 5.92 Å². The quantitative estimate of drug-likeness (QED) is 0.726. The highest BCUT2D eigenvalue weighted by Crippen LogP contribution is 2.20. The summed E-state index contributed by atoms with van der Waals surface area (Å²) in [6.45, 7) is 4.40. The van der Waals surface area contributed by atoms with Gasteiger partial charge in [-0.05, 0) is 30.0 Å². The van der Waals surface area contributed by atoms with Crippen LogP contribution in [-0.4, -0.2) is 30.0 Å². The lowest BCUT2D eigenvalue weighted by Gasteiger charge is -2.12. The third kappa shape index (κ3) is 2.45. The fourth-order valence-corrected chi connectivity index (χ4v) is 2.16. The van der Waals surface area contributed by atoms with Gasteiger partial charge in [0, 0.05) is 0 Å². The Morgan fingerprint density at radius 1 is 0.900 bits per heavy atom. The Kier molecular flexibility index (Phi) is 3.28. The number of hydrogen-bond donors (Lipinski definition) is 0. The Morgan fingerprint density at radius 2 is 1.50 bits per heavy atom. The lowest BCUT2D eigenvalue weighted by atomic mass is 10.0. The summed E-state index contributed by atoms with van der Waals surface area (Å²) in [5.74, 6) is 0.568. The summed E-state index contributed by atoms with van der Waals surface area (Å²) in [4.78, 5) is 3.23. The maximum absolute atomic E-state index is 4.23. The topological polar surface area (TPSA) is 61.4 Å². The number of rotatable bonds is 4. The number of aromatic nitrogens is 6. The summed E-state index contributed by atoms with van der Waals surface area (Å²) < 4.78 is 0. The molecule has 1 aromatic carbocycles. The Bertz CT molecular complexity index is 670. The van der Waals surface area contributed by atoms with Crippen LogP contribution in [0.2, 0.25) is 0 Å². The van der Waals surface area contributed by atoms with Gasteiger partial charge in [0.1, 0.15) is 0 Å². The summed E-state index contributed by atoms with van der Waals surface area (Å²) in [7, 11) is 0. The molecule has 20 heavy (non-hydrogen) atoms. The molecule has 0 saturated heterocycles. The van der Waals surface area contributed by atoms with E-state index in [1.807, 2.05) is 12.1 Å². The predicted octanol–water partition coefficient (Wildman–Crippen LogP) is 2.05. The maximum atomic E-state index is 4.23. The van der Waals surface area contributed by atoms with Gasteiger partial charge in [0.2, 0.25) is 0 Å². The Balaban J connectivity index is 2.08. The molecule has 0 aliphatic carbocycles. The third-order valence-electron chi connectivity index (χ3n) is 2.98. The van der Waals surface area contributed by atoms with E-state index >= 15 is 0 Å². The highest BCUT2D eigenvalue weighted by atomic mass is 15.5. The molecule has 0 aliphatic rings. The fraction of sp³-hybridized carbons (Fsp3) is 0.286. The van der Waals surface area contributed by atoms with Crippen molar-refractivity contribution in [3.05, 3.63) is 48.5 Å². The zero-order chi connectivity index (χ0) is 13.9. The first-order chi connectivity index (χ1) is 9.74. The molecule has 3 aromatic rings. The van der Waals surface area contributed by atoms with Gasteiger partial charge in [-0.15, -0.1) is 0 Å². The van der Waals surface area contributed by atoms with Gasteiger partial charge in [-0.3, -0.25) is 0 Å². The van der Waals surface area contributed by atoms with Crippen molar-refractivity contribution in [2.45, 2.75) is 20.3 Å². The number of hydrogen-bond acceptors (Lipinski definition) is 4. The third-order valence-corrected chi connectivity index (χ3v) is 2.98. The molecule has 0 N–H and O–H groups in total. The molecule has 0 saturated carbocycles. The van der Waals surface area contributed by atoms with E-state index in [2.05, 4.69) is 40.3 Å². The van der Waals surface area contributed by atoms with Gasteiger partial charge in [0.25, 0.3) is 0 Å². The molecule has 2 aromatic heterocycles. The van der Waals surface area contributed by atoms with Crippen molar-refractivity contribution >= 4 is 0 Å². The minimum atomic E-state index is 0.568. The van der Waals surface area contributed by atoms with Crippen molar-refractivity contribution in [2.24, 2.45) is 5.92 Å². The average molecular weight is 268 g/mol. The summed E-state index contributed by atoms with van der Waals surface area (Å²) in [5, 5.41) is 16.8. The molecule has 6 nitrogen and oxygen atoms in total. The average Bonchev–Trinajstić information content (AvgIpc) is 3.12. The van der Waals surface area contributed by atoms with Crippen LogP contribution >= 0.6 is 0 Å². The van der Waals surface area contributed by atoms with Crippen molar-refractivity contribution in [2.75, 3.05) is 0 Å². The number of nitrogens with zero attached hydrogens (tertiary/aromatic N) is 6. The first-order valence-corrected chi connectivity index (χ1v) is 6.60. The van der Waals surface area contributed by atoms with Crippen LogP contribution in [0.1, 0.15) is 19.4 Å². The molecule has 0 unspecified atom stereocenters. The zero-order valence-corrected chi connectivity index (χ0v) is 11.5. The second-order valence-corrected chi connectivity index (χ2v) is 5.05. The lowest BCUT2D eigenvalue weighted by molar-refractivity contribution is 0.635. The Morgan fingerprint density at radius 3 is 2.10 bits per heavy atom. The van der Waals surface area contributed by atoms with E-state index in [0.29, 0.717) is 5.92 Å². The molecule has 3 rings (SSSR count). The normalized spacial score (nSPS) is 11.2. The van der Waals surface area contributed by atoms with E-state index < -0.39 is 0 Å². The minimum absolute atomic E-state index is 0.568.